The van der Waals surface area contributed by atoms with Gasteiger partial charge in [0.1, 0.15) is 0 Å². The quantitative estimate of drug-likeness (QED) is 0.596. The number of hydrogen-bond acceptors (Lipinski definition) is 0. The first-order chi connectivity index (χ1) is 6.38. The lowest BCUT2D eigenvalue weighted by Crippen LogP contribution is -2.28. The molecule has 2 saturated carbocycles. The van der Waals surface area contributed by atoms with Gasteiger partial charge >= 0.3 is 0 Å². The van der Waals surface area contributed by atoms with Crippen molar-refractivity contribution in [1.29, 1.82) is 0 Å². The Kier molecular flexibility index (Phi) is 3.71. The second kappa shape index (κ2) is 4.82. The Labute approximate surface area is 90.6 Å². The summed E-state index contributed by atoms with van der Waals surface area (Å²) in [5, 5.41) is 0. The molecular weight excluding hydrogens is 224 g/mol. The van der Waals surface area contributed by atoms with Crippen LogP contribution in [0.2, 0.25) is 0 Å². The lowest BCUT2D eigenvalue weighted by atomic mass is 9.73. The summed E-state index contributed by atoms with van der Waals surface area (Å²) in [5.41, 5.74) is 0. The highest BCUT2D eigenvalue weighted by molar-refractivity contribution is 9.09. The largest absolute Gasteiger partial charge is 0.0888 e. The molecule has 2 fully saturated rings. The summed E-state index contributed by atoms with van der Waals surface area (Å²) in [6, 6.07) is 0. The normalized spacial score (nSPS) is 37.6. The lowest BCUT2D eigenvalue weighted by molar-refractivity contribution is 0.205. The van der Waals surface area contributed by atoms with Gasteiger partial charge in [-0.1, -0.05) is 60.9 Å². The van der Waals surface area contributed by atoms with Crippen LogP contribution >= 0.6 is 15.9 Å². The number of hydrogen-bond donors (Lipinski definition) is 0. The summed E-state index contributed by atoms with van der Waals surface area (Å²) >= 11 is 3.89. The van der Waals surface area contributed by atoms with E-state index in [1.165, 1.54) is 57.8 Å². The van der Waals surface area contributed by atoms with Crippen LogP contribution in [0.4, 0.5) is 0 Å². The molecule has 2 atom stereocenters. The molecule has 2 rings (SSSR count). The molecule has 1 heteroatoms. The van der Waals surface area contributed by atoms with Gasteiger partial charge in [-0.2, -0.15) is 0 Å². The molecule has 0 aromatic carbocycles. The summed E-state index contributed by atoms with van der Waals surface area (Å²) in [7, 11) is 0. The van der Waals surface area contributed by atoms with Crippen LogP contribution in [-0.2, 0) is 0 Å². The average molecular weight is 245 g/mol. The van der Waals surface area contributed by atoms with Gasteiger partial charge in [0.15, 0.2) is 0 Å². The van der Waals surface area contributed by atoms with Crippen LogP contribution in [0.15, 0.2) is 0 Å². The van der Waals surface area contributed by atoms with Crippen molar-refractivity contribution in [2.24, 2.45) is 11.8 Å². The Bertz CT molecular complexity index is 149. The summed E-state index contributed by atoms with van der Waals surface area (Å²) in [6.07, 6.45) is 13.4. The molecular formula is C12H21Br. The maximum Gasteiger partial charge on any atom is 0.0176 e. The van der Waals surface area contributed by atoms with Crippen LogP contribution in [0.3, 0.4) is 0 Å². The molecule has 2 aliphatic rings. The predicted molar refractivity (Wildman–Crippen MR) is 61.2 cm³/mol. The number of rotatable bonds is 1. The minimum Gasteiger partial charge on any atom is -0.0888 e. The van der Waals surface area contributed by atoms with Gasteiger partial charge in [-0.15, -0.1) is 0 Å². The van der Waals surface area contributed by atoms with Crippen molar-refractivity contribution >= 4 is 15.9 Å². The van der Waals surface area contributed by atoms with Crippen molar-refractivity contribution in [3.8, 4) is 0 Å². The third-order valence-corrected chi connectivity index (χ3v) is 5.12. The van der Waals surface area contributed by atoms with Gasteiger partial charge in [-0.05, 0) is 24.7 Å². The molecule has 0 amide bonds. The Morgan fingerprint density at radius 2 is 1.31 bits per heavy atom. The minimum absolute atomic E-state index is 0.851. The zero-order chi connectivity index (χ0) is 9.10. The Balaban J connectivity index is 1.88. The fraction of sp³-hybridized carbons (Fsp3) is 1.00. The highest BCUT2D eigenvalue weighted by Crippen LogP contribution is 2.41. The predicted octanol–water partition coefficient (Wildman–Crippen LogP) is 4.52. The molecule has 2 aliphatic carbocycles. The van der Waals surface area contributed by atoms with Gasteiger partial charge in [-0.25, -0.2) is 0 Å². The zero-order valence-electron chi connectivity index (χ0n) is 8.47. The smallest absolute Gasteiger partial charge is 0.0176 e. The van der Waals surface area contributed by atoms with E-state index < -0.39 is 0 Å². The van der Waals surface area contributed by atoms with E-state index in [1.807, 2.05) is 0 Å². The molecule has 2 unspecified atom stereocenters. The molecule has 0 nitrogen and oxygen atoms in total. The van der Waals surface area contributed by atoms with Gasteiger partial charge < -0.3 is 0 Å². The van der Waals surface area contributed by atoms with Crippen molar-refractivity contribution in [3.63, 3.8) is 0 Å². The molecule has 0 bridgehead atoms. The van der Waals surface area contributed by atoms with Crippen LogP contribution < -0.4 is 0 Å². The molecule has 0 aromatic heterocycles. The van der Waals surface area contributed by atoms with Crippen LogP contribution in [0.25, 0.3) is 0 Å². The van der Waals surface area contributed by atoms with Crippen LogP contribution in [0, 0.1) is 11.8 Å². The molecule has 76 valence electrons. The van der Waals surface area contributed by atoms with E-state index in [2.05, 4.69) is 15.9 Å². The maximum absolute atomic E-state index is 3.89. The van der Waals surface area contributed by atoms with Crippen molar-refractivity contribution in [2.75, 3.05) is 0 Å². The van der Waals surface area contributed by atoms with E-state index in [-0.39, 0.29) is 0 Å². The highest BCUT2D eigenvalue weighted by Gasteiger charge is 2.30. The van der Waals surface area contributed by atoms with Crippen LogP contribution in [-0.4, -0.2) is 4.83 Å². The average Bonchev–Trinajstić information content (AvgIpc) is 2.20. The standard InChI is InChI=1S/C12H21Br/c13-12-9-5-4-8-11(12)10-6-2-1-3-7-10/h10-12H,1-9H2. The molecule has 0 saturated heterocycles. The van der Waals surface area contributed by atoms with Gasteiger partial charge in [-0.3, -0.25) is 0 Å². The highest BCUT2D eigenvalue weighted by atomic mass is 79.9. The SMILES string of the molecule is BrC1CCCCC1C1CCCCC1. The third kappa shape index (κ3) is 2.49. The Hall–Kier alpha value is 0.480. The van der Waals surface area contributed by atoms with E-state index in [9.17, 15) is 0 Å². The topological polar surface area (TPSA) is 0 Å². The van der Waals surface area contributed by atoms with Crippen molar-refractivity contribution in [2.45, 2.75) is 62.6 Å². The first-order valence-electron chi connectivity index (χ1n) is 6.02. The van der Waals surface area contributed by atoms with E-state index in [0.29, 0.717) is 0 Å². The second-order valence-corrected chi connectivity index (χ2v) is 6.04. The van der Waals surface area contributed by atoms with Crippen molar-refractivity contribution in [3.05, 3.63) is 0 Å². The van der Waals surface area contributed by atoms with Gasteiger partial charge in [0.25, 0.3) is 0 Å². The molecule has 0 spiro atoms. The van der Waals surface area contributed by atoms with E-state index in [0.717, 1.165) is 16.7 Å². The van der Waals surface area contributed by atoms with Gasteiger partial charge in [0.2, 0.25) is 0 Å². The Morgan fingerprint density at radius 1 is 0.692 bits per heavy atom. The lowest BCUT2D eigenvalue weighted by Gasteiger charge is -2.36. The van der Waals surface area contributed by atoms with E-state index >= 15 is 0 Å². The van der Waals surface area contributed by atoms with Gasteiger partial charge in [0, 0.05) is 4.83 Å². The summed E-state index contributed by atoms with van der Waals surface area (Å²) in [5.74, 6) is 2.09. The molecule has 0 aliphatic heterocycles. The zero-order valence-corrected chi connectivity index (χ0v) is 10.1. The Morgan fingerprint density at radius 3 is 2.00 bits per heavy atom. The van der Waals surface area contributed by atoms with E-state index in [4.69, 9.17) is 0 Å². The molecule has 0 N–H and O–H groups in total. The summed E-state index contributed by atoms with van der Waals surface area (Å²) < 4.78 is 0. The number of halogens is 1. The number of alkyl halides is 1. The van der Waals surface area contributed by atoms with Crippen molar-refractivity contribution in [1.82, 2.24) is 0 Å². The maximum atomic E-state index is 3.89. The fourth-order valence-electron chi connectivity index (χ4n) is 3.21. The monoisotopic (exact) mass is 244 g/mol. The van der Waals surface area contributed by atoms with Gasteiger partial charge in [0.05, 0.1) is 0 Å². The first-order valence-corrected chi connectivity index (χ1v) is 6.93. The summed E-state index contributed by atoms with van der Waals surface area (Å²) in [6.45, 7) is 0. The minimum atomic E-state index is 0.851. The molecule has 0 heterocycles. The first kappa shape index (κ1) is 10.0. The molecule has 13 heavy (non-hydrogen) atoms. The van der Waals surface area contributed by atoms with Crippen LogP contribution in [0.5, 0.6) is 0 Å². The second-order valence-electron chi connectivity index (χ2n) is 4.86. The van der Waals surface area contributed by atoms with Crippen LogP contribution in [0.1, 0.15) is 57.8 Å². The molecule has 0 radical (unpaired) electrons. The fourth-order valence-corrected chi connectivity index (χ4v) is 4.23. The third-order valence-electron chi connectivity index (χ3n) is 3.99. The molecule has 0 aromatic rings. The summed E-state index contributed by atoms with van der Waals surface area (Å²) in [4.78, 5) is 0.851. The van der Waals surface area contributed by atoms with E-state index in [1.54, 1.807) is 0 Å². The van der Waals surface area contributed by atoms with Crippen molar-refractivity contribution < 1.29 is 0 Å².